The molecule has 0 saturated carbocycles. The van der Waals surface area contributed by atoms with Crippen molar-refractivity contribution in [1.82, 2.24) is 19.9 Å². The topological polar surface area (TPSA) is 115 Å². The van der Waals surface area contributed by atoms with Gasteiger partial charge in [-0.05, 0) is 50.6 Å². The summed E-state index contributed by atoms with van der Waals surface area (Å²) >= 11 is 0. The van der Waals surface area contributed by atoms with Gasteiger partial charge in [-0.25, -0.2) is 4.79 Å². The van der Waals surface area contributed by atoms with Crippen LogP contribution in [0.4, 0.5) is 5.69 Å². The molecular formula is C19H21N5O4. The molecule has 1 aliphatic heterocycles. The van der Waals surface area contributed by atoms with Gasteiger partial charge in [0.15, 0.2) is 5.82 Å². The van der Waals surface area contributed by atoms with E-state index in [0.717, 1.165) is 5.69 Å². The molecule has 1 aromatic carbocycles. The maximum atomic E-state index is 12.9. The highest BCUT2D eigenvalue weighted by atomic mass is 16.5. The van der Waals surface area contributed by atoms with Gasteiger partial charge in [-0.1, -0.05) is 5.16 Å². The van der Waals surface area contributed by atoms with Crippen molar-refractivity contribution in [2.75, 3.05) is 11.9 Å². The van der Waals surface area contributed by atoms with E-state index in [1.165, 1.54) is 0 Å². The highest BCUT2D eigenvalue weighted by Gasteiger charge is 2.37. The second-order valence-electron chi connectivity index (χ2n) is 6.99. The number of nitrogens with one attached hydrogen (secondary N) is 2. The number of benzene rings is 1. The lowest BCUT2D eigenvalue weighted by Crippen LogP contribution is -2.27. The van der Waals surface area contributed by atoms with E-state index in [2.05, 4.69) is 25.1 Å². The number of ether oxygens (including phenoxy) is 1. The Balaban J connectivity index is 1.48. The fourth-order valence-electron chi connectivity index (χ4n) is 3.43. The summed E-state index contributed by atoms with van der Waals surface area (Å²) in [5.41, 5.74) is 2.26. The van der Waals surface area contributed by atoms with Crippen molar-refractivity contribution in [2.24, 2.45) is 5.92 Å². The Morgan fingerprint density at radius 3 is 2.75 bits per heavy atom. The summed E-state index contributed by atoms with van der Waals surface area (Å²) in [6, 6.07) is 9.10. The Morgan fingerprint density at radius 1 is 1.29 bits per heavy atom. The van der Waals surface area contributed by atoms with Gasteiger partial charge in [-0.3, -0.25) is 19.0 Å². The van der Waals surface area contributed by atoms with E-state index in [0.29, 0.717) is 30.1 Å². The molecule has 1 aliphatic rings. The number of hydrogen-bond acceptors (Lipinski definition) is 6. The van der Waals surface area contributed by atoms with E-state index in [1.807, 2.05) is 24.6 Å². The molecule has 1 amide bonds. The number of amides is 1. The molecule has 0 bridgehead atoms. The predicted molar refractivity (Wildman–Crippen MR) is 101 cm³/mol. The first-order valence-corrected chi connectivity index (χ1v) is 9.15. The van der Waals surface area contributed by atoms with E-state index in [4.69, 9.17) is 4.74 Å². The van der Waals surface area contributed by atoms with Gasteiger partial charge in [0.05, 0.1) is 11.6 Å². The maximum absolute atomic E-state index is 12.9. The first kappa shape index (κ1) is 18.2. The minimum atomic E-state index is -0.611. The summed E-state index contributed by atoms with van der Waals surface area (Å²) in [5, 5.41) is 10.9. The van der Waals surface area contributed by atoms with E-state index in [1.54, 1.807) is 30.5 Å². The molecule has 4 rings (SSSR count). The fraction of sp³-hybridized carbons (Fsp3) is 0.368. The molecule has 2 N–H and O–H groups in total. The van der Waals surface area contributed by atoms with Crippen LogP contribution < -0.4 is 11.1 Å². The second-order valence-corrected chi connectivity index (χ2v) is 6.99. The number of aromatic nitrogens is 4. The molecule has 1 saturated heterocycles. The minimum absolute atomic E-state index is 0.0957. The number of carbonyl (C=O) groups is 1. The van der Waals surface area contributed by atoms with Crippen molar-refractivity contribution in [3.05, 3.63) is 52.8 Å². The second kappa shape index (κ2) is 7.43. The Morgan fingerprint density at radius 2 is 2.07 bits per heavy atom. The molecular weight excluding hydrogens is 362 g/mol. The normalized spacial score (nSPS) is 19.2. The lowest BCUT2D eigenvalue weighted by atomic mass is 9.97. The van der Waals surface area contributed by atoms with Crippen molar-refractivity contribution in [1.29, 1.82) is 0 Å². The Hall–Kier alpha value is -3.20. The Labute approximate surface area is 160 Å². The zero-order valence-corrected chi connectivity index (χ0v) is 15.6. The average Bonchev–Trinajstić information content (AvgIpc) is 3.41. The molecule has 0 aliphatic carbocycles. The molecule has 146 valence electrons. The molecule has 1 fully saturated rings. The molecule has 3 aromatic rings. The number of aromatic amines is 1. The average molecular weight is 383 g/mol. The largest absolute Gasteiger partial charge is 0.439 e. The van der Waals surface area contributed by atoms with Crippen molar-refractivity contribution >= 4 is 11.6 Å². The van der Waals surface area contributed by atoms with Crippen LogP contribution in [0.15, 0.2) is 45.8 Å². The fourth-order valence-corrected chi connectivity index (χ4v) is 3.43. The van der Waals surface area contributed by atoms with Gasteiger partial charge in [0.1, 0.15) is 6.10 Å². The van der Waals surface area contributed by atoms with Crippen LogP contribution in [0.25, 0.3) is 11.4 Å². The smallest absolute Gasteiger partial charge is 0.371 e. The van der Waals surface area contributed by atoms with E-state index < -0.39 is 5.76 Å². The number of rotatable bonds is 5. The quantitative estimate of drug-likeness (QED) is 0.700. The molecule has 0 unspecified atom stereocenters. The third-order valence-corrected chi connectivity index (χ3v) is 4.78. The van der Waals surface area contributed by atoms with Crippen LogP contribution in [0.3, 0.4) is 0 Å². The monoisotopic (exact) mass is 383 g/mol. The van der Waals surface area contributed by atoms with Crippen LogP contribution >= 0.6 is 0 Å². The van der Waals surface area contributed by atoms with Gasteiger partial charge in [-0.15, -0.1) is 0 Å². The van der Waals surface area contributed by atoms with Crippen LogP contribution in [0.1, 0.15) is 38.1 Å². The van der Waals surface area contributed by atoms with Gasteiger partial charge in [-0.2, -0.15) is 5.10 Å². The van der Waals surface area contributed by atoms with Crippen LogP contribution in [-0.2, 0) is 9.53 Å². The highest BCUT2D eigenvalue weighted by Crippen LogP contribution is 2.36. The van der Waals surface area contributed by atoms with Crippen molar-refractivity contribution < 1.29 is 14.1 Å². The maximum Gasteiger partial charge on any atom is 0.439 e. The summed E-state index contributed by atoms with van der Waals surface area (Å²) in [6.45, 7) is 4.62. The van der Waals surface area contributed by atoms with Gasteiger partial charge >= 0.3 is 5.76 Å². The van der Waals surface area contributed by atoms with E-state index in [-0.39, 0.29) is 24.0 Å². The molecule has 0 spiro atoms. The van der Waals surface area contributed by atoms with Gasteiger partial charge in [0.2, 0.25) is 5.91 Å². The lowest BCUT2D eigenvalue weighted by molar-refractivity contribution is -0.121. The number of anilines is 1. The van der Waals surface area contributed by atoms with Crippen LogP contribution in [-0.4, -0.2) is 32.4 Å². The first-order chi connectivity index (χ1) is 13.5. The van der Waals surface area contributed by atoms with Crippen LogP contribution in [0.2, 0.25) is 0 Å². The first-order valence-electron chi connectivity index (χ1n) is 9.15. The van der Waals surface area contributed by atoms with Crippen molar-refractivity contribution in [2.45, 2.75) is 32.4 Å². The number of hydrogen-bond donors (Lipinski definition) is 2. The summed E-state index contributed by atoms with van der Waals surface area (Å²) in [7, 11) is 0. The standard InChI is InChI=1S/C19H21N5O4/c1-11(2)24-15(7-9-20-24)16-14(8-10-27-16)18(25)21-13-5-3-12(4-6-13)17-22-19(26)28-23-17/h3-7,9,11,14,16H,8,10H2,1-2H3,(H,21,25)(H,22,23,26)/t14-,16-/m0/s1. The molecule has 0 radical (unpaired) electrons. The summed E-state index contributed by atoms with van der Waals surface area (Å²) in [5.74, 6) is -0.656. The zero-order valence-electron chi connectivity index (χ0n) is 15.6. The summed E-state index contributed by atoms with van der Waals surface area (Å²) in [4.78, 5) is 26.4. The predicted octanol–water partition coefficient (Wildman–Crippen LogP) is 2.52. The lowest BCUT2D eigenvalue weighted by Gasteiger charge is -2.21. The van der Waals surface area contributed by atoms with Gasteiger partial charge < -0.3 is 10.1 Å². The van der Waals surface area contributed by atoms with Crippen LogP contribution in [0, 0.1) is 5.92 Å². The Bertz CT molecular complexity index is 1020. The SMILES string of the molecule is CC(C)n1nccc1[C@H]1OCC[C@@H]1C(=O)Nc1ccc(-c2noc(=O)[nH]2)cc1. The van der Waals surface area contributed by atoms with Crippen LogP contribution in [0.5, 0.6) is 0 Å². The highest BCUT2D eigenvalue weighted by molar-refractivity contribution is 5.93. The number of H-pyrrole nitrogens is 1. The minimum Gasteiger partial charge on any atom is -0.371 e. The zero-order chi connectivity index (χ0) is 19.7. The molecule has 28 heavy (non-hydrogen) atoms. The number of nitrogens with zero attached hydrogens (tertiary/aromatic N) is 3. The molecule has 2 aromatic heterocycles. The molecule has 9 nitrogen and oxygen atoms in total. The van der Waals surface area contributed by atoms with E-state index >= 15 is 0 Å². The van der Waals surface area contributed by atoms with Crippen molar-refractivity contribution in [3.63, 3.8) is 0 Å². The van der Waals surface area contributed by atoms with Gasteiger partial charge in [0.25, 0.3) is 0 Å². The van der Waals surface area contributed by atoms with Crippen molar-refractivity contribution in [3.8, 4) is 11.4 Å². The Kier molecular flexibility index (Phi) is 4.82. The number of carbonyl (C=O) groups excluding carboxylic acids is 1. The third kappa shape index (κ3) is 3.48. The molecule has 9 heteroatoms. The third-order valence-electron chi connectivity index (χ3n) is 4.78. The van der Waals surface area contributed by atoms with Gasteiger partial charge in [0, 0.05) is 30.1 Å². The summed E-state index contributed by atoms with van der Waals surface area (Å²) < 4.78 is 12.3. The van der Waals surface area contributed by atoms with E-state index in [9.17, 15) is 9.59 Å². The molecule has 3 heterocycles. The summed E-state index contributed by atoms with van der Waals surface area (Å²) in [6.07, 6.45) is 2.07. The molecule has 2 atom stereocenters.